The van der Waals surface area contributed by atoms with Crippen LogP contribution in [-0.4, -0.2) is 18.9 Å². The van der Waals surface area contributed by atoms with Crippen LogP contribution in [0.3, 0.4) is 0 Å². The van der Waals surface area contributed by atoms with Crippen molar-refractivity contribution in [3.63, 3.8) is 0 Å². The van der Waals surface area contributed by atoms with E-state index in [1.54, 1.807) is 18.1 Å². The van der Waals surface area contributed by atoms with E-state index < -0.39 is 0 Å². The number of aryl methyl sites for hydroxylation is 2. The van der Waals surface area contributed by atoms with E-state index in [4.69, 9.17) is 9.73 Å². The molecule has 4 heteroatoms. The molecule has 3 aromatic carbocycles. The van der Waals surface area contributed by atoms with Gasteiger partial charge in [-0.05, 0) is 61.4 Å². The number of hydrogen-bond donors (Lipinski definition) is 0. The Kier molecular flexibility index (Phi) is 5.00. The largest absolute Gasteiger partial charge is 0.497 e. The molecule has 0 saturated heterocycles. The molecule has 0 unspecified atom stereocenters. The molecule has 0 N–H and O–H groups in total. The lowest BCUT2D eigenvalue weighted by Gasteiger charge is -2.19. The Labute approximate surface area is 170 Å². The number of methoxy groups -OCH3 is 1. The lowest BCUT2D eigenvalue weighted by molar-refractivity contribution is -0.113. The van der Waals surface area contributed by atoms with Crippen LogP contribution in [-0.2, 0) is 4.79 Å². The summed E-state index contributed by atoms with van der Waals surface area (Å²) in [5.74, 6) is 1.23. The van der Waals surface area contributed by atoms with Gasteiger partial charge in [-0.2, -0.15) is 0 Å². The summed E-state index contributed by atoms with van der Waals surface area (Å²) in [7, 11) is 1.63. The fourth-order valence-electron chi connectivity index (χ4n) is 3.39. The summed E-state index contributed by atoms with van der Waals surface area (Å²) in [6.45, 7) is 4.05. The summed E-state index contributed by atoms with van der Waals surface area (Å²) in [4.78, 5) is 19.8. The van der Waals surface area contributed by atoms with Gasteiger partial charge in [0.05, 0.1) is 12.8 Å². The molecule has 4 nitrogen and oxygen atoms in total. The van der Waals surface area contributed by atoms with Crippen molar-refractivity contribution in [2.45, 2.75) is 13.8 Å². The number of anilines is 1. The minimum atomic E-state index is -0.144. The summed E-state index contributed by atoms with van der Waals surface area (Å²) in [5.41, 5.74) is 5.19. The maximum atomic E-state index is 13.4. The Morgan fingerprint density at radius 3 is 2.34 bits per heavy atom. The third-order valence-electron chi connectivity index (χ3n) is 4.79. The molecule has 1 aliphatic rings. The number of carbonyl (C=O) groups is 1. The van der Waals surface area contributed by atoms with Crippen molar-refractivity contribution < 1.29 is 9.53 Å². The lowest BCUT2D eigenvalue weighted by Crippen LogP contribution is -2.32. The van der Waals surface area contributed by atoms with Gasteiger partial charge < -0.3 is 4.74 Å². The van der Waals surface area contributed by atoms with E-state index in [1.165, 1.54) is 0 Å². The normalized spacial score (nSPS) is 15.0. The van der Waals surface area contributed by atoms with Gasteiger partial charge in [-0.15, -0.1) is 0 Å². The number of amidine groups is 1. The summed E-state index contributed by atoms with van der Waals surface area (Å²) in [6, 6.07) is 23.5. The van der Waals surface area contributed by atoms with Crippen molar-refractivity contribution in [3.8, 4) is 5.75 Å². The predicted molar refractivity (Wildman–Crippen MR) is 117 cm³/mol. The van der Waals surface area contributed by atoms with Gasteiger partial charge in [-0.25, -0.2) is 4.99 Å². The molecule has 144 valence electrons. The standard InChI is InChI=1S/C25H22N2O2/c1-17-7-4-10-20(13-17)24-26-23(16-19-9-6-12-22(15-19)29-3)25(28)27(24)21-11-5-8-18(2)14-21/h4-16H,1-3H3/b23-16+. The van der Waals surface area contributed by atoms with E-state index >= 15 is 0 Å². The molecule has 0 saturated carbocycles. The minimum absolute atomic E-state index is 0.144. The Morgan fingerprint density at radius 2 is 1.62 bits per heavy atom. The van der Waals surface area contributed by atoms with Crippen molar-refractivity contribution in [1.82, 2.24) is 0 Å². The van der Waals surface area contributed by atoms with E-state index in [0.717, 1.165) is 33.7 Å². The van der Waals surface area contributed by atoms with E-state index in [1.807, 2.05) is 86.6 Å². The van der Waals surface area contributed by atoms with Crippen molar-refractivity contribution in [3.05, 3.63) is 101 Å². The van der Waals surface area contributed by atoms with Gasteiger partial charge in [0.2, 0.25) is 0 Å². The Balaban J connectivity index is 1.83. The van der Waals surface area contributed by atoms with Crippen LogP contribution in [0.5, 0.6) is 5.75 Å². The highest BCUT2D eigenvalue weighted by Crippen LogP contribution is 2.29. The summed E-state index contributed by atoms with van der Waals surface area (Å²) >= 11 is 0. The van der Waals surface area contributed by atoms with Crippen LogP contribution in [0.4, 0.5) is 5.69 Å². The van der Waals surface area contributed by atoms with Gasteiger partial charge in [0.1, 0.15) is 17.3 Å². The van der Waals surface area contributed by atoms with Gasteiger partial charge in [0.15, 0.2) is 0 Å². The maximum absolute atomic E-state index is 13.4. The number of benzene rings is 3. The number of rotatable bonds is 4. The zero-order valence-electron chi connectivity index (χ0n) is 16.7. The molecular formula is C25H22N2O2. The topological polar surface area (TPSA) is 41.9 Å². The molecular weight excluding hydrogens is 360 g/mol. The summed E-state index contributed by atoms with van der Waals surface area (Å²) in [5, 5.41) is 0. The first-order valence-electron chi connectivity index (χ1n) is 9.48. The van der Waals surface area contributed by atoms with Crippen LogP contribution in [0.15, 0.2) is 83.5 Å². The fraction of sp³-hybridized carbons (Fsp3) is 0.120. The molecule has 1 aliphatic heterocycles. The Hall–Kier alpha value is -3.66. The molecule has 1 amide bonds. The summed E-state index contributed by atoms with van der Waals surface area (Å²) in [6.07, 6.45) is 1.80. The molecule has 4 rings (SSSR count). The molecule has 0 aromatic heterocycles. The second kappa shape index (κ2) is 7.76. The Morgan fingerprint density at radius 1 is 0.897 bits per heavy atom. The van der Waals surface area contributed by atoms with Crippen molar-refractivity contribution in [2.24, 2.45) is 4.99 Å². The van der Waals surface area contributed by atoms with Gasteiger partial charge in [-0.3, -0.25) is 9.69 Å². The van der Waals surface area contributed by atoms with Gasteiger partial charge >= 0.3 is 0 Å². The smallest absolute Gasteiger partial charge is 0.282 e. The van der Waals surface area contributed by atoms with Gasteiger partial charge in [0, 0.05) is 5.56 Å². The van der Waals surface area contributed by atoms with E-state index in [-0.39, 0.29) is 5.91 Å². The number of carbonyl (C=O) groups excluding carboxylic acids is 1. The number of hydrogen-bond acceptors (Lipinski definition) is 3. The highest BCUT2D eigenvalue weighted by Gasteiger charge is 2.32. The quantitative estimate of drug-likeness (QED) is 0.586. The molecule has 29 heavy (non-hydrogen) atoms. The fourth-order valence-corrected chi connectivity index (χ4v) is 3.39. The highest BCUT2D eigenvalue weighted by atomic mass is 16.5. The highest BCUT2D eigenvalue weighted by molar-refractivity contribution is 6.33. The third kappa shape index (κ3) is 3.83. The van der Waals surface area contributed by atoms with Crippen LogP contribution in [0, 0.1) is 13.8 Å². The van der Waals surface area contributed by atoms with Crippen LogP contribution >= 0.6 is 0 Å². The molecule has 1 heterocycles. The van der Waals surface area contributed by atoms with E-state index in [9.17, 15) is 4.79 Å². The molecule has 0 atom stereocenters. The average molecular weight is 382 g/mol. The summed E-state index contributed by atoms with van der Waals surface area (Å²) < 4.78 is 5.29. The second-order valence-electron chi connectivity index (χ2n) is 7.09. The maximum Gasteiger partial charge on any atom is 0.282 e. The predicted octanol–water partition coefficient (Wildman–Crippen LogP) is 5.15. The average Bonchev–Trinajstić information content (AvgIpc) is 3.04. The molecule has 0 fully saturated rings. The number of amides is 1. The monoisotopic (exact) mass is 382 g/mol. The lowest BCUT2D eigenvalue weighted by atomic mass is 10.1. The number of ether oxygens (including phenoxy) is 1. The third-order valence-corrected chi connectivity index (χ3v) is 4.79. The first-order chi connectivity index (χ1) is 14.0. The Bertz CT molecular complexity index is 1140. The van der Waals surface area contributed by atoms with E-state index in [0.29, 0.717) is 11.5 Å². The zero-order valence-corrected chi connectivity index (χ0v) is 16.7. The second-order valence-corrected chi connectivity index (χ2v) is 7.09. The SMILES string of the molecule is COc1cccc(/C=C2/N=C(c3cccc(C)c3)N(c3cccc(C)c3)C2=O)c1. The molecule has 0 radical (unpaired) electrons. The van der Waals surface area contributed by atoms with Crippen LogP contribution in [0.2, 0.25) is 0 Å². The van der Waals surface area contributed by atoms with Crippen molar-refractivity contribution in [1.29, 1.82) is 0 Å². The van der Waals surface area contributed by atoms with Crippen molar-refractivity contribution in [2.75, 3.05) is 12.0 Å². The van der Waals surface area contributed by atoms with Crippen molar-refractivity contribution >= 4 is 23.5 Å². The van der Waals surface area contributed by atoms with Crippen LogP contribution in [0.1, 0.15) is 22.3 Å². The number of aliphatic imine (C=N–C) groups is 1. The van der Waals surface area contributed by atoms with Gasteiger partial charge in [-0.1, -0.05) is 48.0 Å². The zero-order chi connectivity index (χ0) is 20.4. The van der Waals surface area contributed by atoms with Crippen LogP contribution in [0.25, 0.3) is 6.08 Å². The van der Waals surface area contributed by atoms with Crippen LogP contribution < -0.4 is 9.64 Å². The molecule has 0 spiro atoms. The molecule has 0 aliphatic carbocycles. The van der Waals surface area contributed by atoms with E-state index in [2.05, 4.69) is 0 Å². The molecule has 0 bridgehead atoms. The molecule has 3 aromatic rings. The minimum Gasteiger partial charge on any atom is -0.497 e. The first kappa shape index (κ1) is 18.7. The number of nitrogens with zero attached hydrogens (tertiary/aromatic N) is 2. The first-order valence-corrected chi connectivity index (χ1v) is 9.48. The van der Waals surface area contributed by atoms with Gasteiger partial charge in [0.25, 0.3) is 5.91 Å².